The van der Waals surface area contributed by atoms with Gasteiger partial charge < -0.3 is 8.98 Å². The zero-order chi connectivity index (χ0) is 29.7. The van der Waals surface area contributed by atoms with Gasteiger partial charge in [0.2, 0.25) is 0 Å². The Hall–Kier alpha value is -3.93. The molecule has 1 aliphatic rings. The number of nitrogens with zero attached hydrogens (tertiary/aromatic N) is 3. The molecular weight excluding hydrogens is 568 g/mol. The summed E-state index contributed by atoms with van der Waals surface area (Å²) in [6.45, 7) is 2.88. The first kappa shape index (κ1) is 28.6. The molecular formula is C29H23F6N3O2S. The second-order valence-corrected chi connectivity index (χ2v) is 10.9. The van der Waals surface area contributed by atoms with Crippen LogP contribution in [0.5, 0.6) is 0 Å². The van der Waals surface area contributed by atoms with Crippen LogP contribution >= 0.6 is 0 Å². The molecule has 2 aromatic carbocycles. The summed E-state index contributed by atoms with van der Waals surface area (Å²) in [7, 11) is -1.28. The number of aromatic nitrogens is 3. The van der Waals surface area contributed by atoms with Gasteiger partial charge in [-0.05, 0) is 55.2 Å². The summed E-state index contributed by atoms with van der Waals surface area (Å²) in [5.41, 5.74) is -0.556. The van der Waals surface area contributed by atoms with Gasteiger partial charge in [0.15, 0.2) is 17.3 Å². The van der Waals surface area contributed by atoms with Crippen molar-refractivity contribution >= 4 is 16.4 Å². The summed E-state index contributed by atoms with van der Waals surface area (Å²) in [4.78, 5) is 8.50. The molecule has 1 atom stereocenters. The number of oxazole rings is 1. The molecule has 2 heterocycles. The number of hydrogen-bond donors (Lipinski definition) is 0. The number of imidazole rings is 1. The van der Waals surface area contributed by atoms with Gasteiger partial charge in [-0.15, -0.1) is 0 Å². The van der Waals surface area contributed by atoms with E-state index in [1.165, 1.54) is 30.7 Å². The van der Waals surface area contributed by atoms with E-state index in [0.717, 1.165) is 12.3 Å². The van der Waals surface area contributed by atoms with Crippen LogP contribution in [-0.4, -0.2) is 31.2 Å². The van der Waals surface area contributed by atoms with Crippen LogP contribution in [0.1, 0.15) is 35.9 Å². The normalized spacial score (nSPS) is 15.0. The lowest BCUT2D eigenvalue weighted by atomic mass is 9.91. The summed E-state index contributed by atoms with van der Waals surface area (Å²) in [5, 5.41) is 0. The average Bonchev–Trinajstić information content (AvgIpc) is 3.50. The van der Waals surface area contributed by atoms with Crippen molar-refractivity contribution in [1.29, 1.82) is 0 Å². The molecule has 0 radical (unpaired) electrons. The molecule has 1 unspecified atom stereocenters. The molecule has 41 heavy (non-hydrogen) atoms. The zero-order valence-corrected chi connectivity index (χ0v) is 22.8. The fourth-order valence-electron chi connectivity index (χ4n) is 4.78. The Morgan fingerprint density at radius 1 is 0.902 bits per heavy atom. The predicted molar refractivity (Wildman–Crippen MR) is 143 cm³/mol. The lowest BCUT2D eigenvalue weighted by molar-refractivity contribution is -0.141. The van der Waals surface area contributed by atoms with E-state index >= 15 is 0 Å². The molecule has 2 aromatic heterocycles. The van der Waals surface area contributed by atoms with E-state index in [4.69, 9.17) is 4.42 Å². The van der Waals surface area contributed by atoms with Crippen LogP contribution in [-0.2, 0) is 17.0 Å². The molecule has 12 heteroatoms. The molecule has 0 bridgehead atoms. The quantitative estimate of drug-likeness (QED) is 0.220. The molecule has 0 fully saturated rings. The van der Waals surface area contributed by atoms with Crippen molar-refractivity contribution in [2.45, 2.75) is 43.9 Å². The monoisotopic (exact) mass is 591 g/mol. The molecule has 0 spiro atoms. The highest BCUT2D eigenvalue weighted by atomic mass is 32.2. The predicted octanol–water partition coefficient (Wildman–Crippen LogP) is 8.23. The largest absolute Gasteiger partial charge is 0.440 e. The van der Waals surface area contributed by atoms with E-state index in [1.807, 2.05) is 0 Å². The minimum Gasteiger partial charge on any atom is -0.440 e. The standard InChI is InChI=1S/C29H23F6N3O2S/c1-16-36-25(29(33,34)35)15-38(16)24-12-11-19(18-7-6-8-20(13-18)41(3)39)14-22(24)27-26(37-17(2)40-27)21-9-4-5-10-23(21)28(30,31)32/h6-15H,4-5H2,1-3H3. The highest BCUT2D eigenvalue weighted by molar-refractivity contribution is 7.84. The van der Waals surface area contributed by atoms with Crippen LogP contribution in [0.3, 0.4) is 0 Å². The molecule has 1 aliphatic carbocycles. The lowest BCUT2D eigenvalue weighted by Crippen LogP contribution is -2.15. The first-order chi connectivity index (χ1) is 19.2. The van der Waals surface area contributed by atoms with Crippen molar-refractivity contribution in [1.82, 2.24) is 14.5 Å². The molecule has 0 saturated heterocycles. The maximum absolute atomic E-state index is 14.0. The van der Waals surface area contributed by atoms with Crippen LogP contribution in [0.4, 0.5) is 26.3 Å². The first-order valence-corrected chi connectivity index (χ1v) is 14.0. The molecule has 0 saturated carbocycles. The summed E-state index contributed by atoms with van der Waals surface area (Å²) >= 11 is 0. The van der Waals surface area contributed by atoms with Crippen molar-refractivity contribution in [3.63, 3.8) is 0 Å². The van der Waals surface area contributed by atoms with Gasteiger partial charge in [0.1, 0.15) is 11.5 Å². The van der Waals surface area contributed by atoms with Gasteiger partial charge in [-0.2, -0.15) is 26.3 Å². The second kappa shape index (κ2) is 10.5. The first-order valence-electron chi connectivity index (χ1n) is 12.4. The van der Waals surface area contributed by atoms with Crippen molar-refractivity contribution in [2.75, 3.05) is 6.26 Å². The molecule has 0 N–H and O–H groups in total. The smallest absolute Gasteiger partial charge is 0.434 e. The van der Waals surface area contributed by atoms with Crippen LogP contribution in [0.15, 0.2) is 75.7 Å². The molecule has 5 nitrogen and oxygen atoms in total. The molecule has 5 rings (SSSR count). The van der Waals surface area contributed by atoms with Crippen LogP contribution in [0.2, 0.25) is 0 Å². The maximum Gasteiger partial charge on any atom is 0.434 e. The maximum atomic E-state index is 14.0. The van der Waals surface area contributed by atoms with Gasteiger partial charge >= 0.3 is 12.4 Å². The highest BCUT2D eigenvalue weighted by Crippen LogP contribution is 2.44. The van der Waals surface area contributed by atoms with Gasteiger partial charge in [0.25, 0.3) is 0 Å². The van der Waals surface area contributed by atoms with Gasteiger partial charge in [-0.3, -0.25) is 4.21 Å². The Morgan fingerprint density at radius 2 is 1.61 bits per heavy atom. The number of halogens is 6. The van der Waals surface area contributed by atoms with E-state index in [0.29, 0.717) is 22.4 Å². The third-order valence-electron chi connectivity index (χ3n) is 6.62. The summed E-state index contributed by atoms with van der Waals surface area (Å²) < 4.78 is 102. The molecule has 0 amide bonds. The van der Waals surface area contributed by atoms with Crippen LogP contribution < -0.4 is 0 Å². The van der Waals surface area contributed by atoms with Gasteiger partial charge in [0, 0.05) is 46.2 Å². The number of aryl methyl sites for hydroxylation is 2. The fourth-order valence-corrected chi connectivity index (χ4v) is 5.34. The minimum atomic E-state index is -4.71. The number of allylic oxidation sites excluding steroid dienone is 4. The molecule has 214 valence electrons. The Balaban J connectivity index is 1.77. The third-order valence-corrected chi connectivity index (χ3v) is 7.54. The number of alkyl halides is 6. The highest BCUT2D eigenvalue weighted by Gasteiger charge is 2.39. The average molecular weight is 592 g/mol. The Labute approximate surface area is 233 Å². The van der Waals surface area contributed by atoms with Crippen molar-refractivity contribution in [3.8, 4) is 28.1 Å². The van der Waals surface area contributed by atoms with Gasteiger partial charge in [0.05, 0.1) is 11.3 Å². The molecule has 4 aromatic rings. The fraction of sp³-hybridized carbons (Fsp3) is 0.241. The molecule has 0 aliphatic heterocycles. The van der Waals surface area contributed by atoms with E-state index < -0.39 is 34.4 Å². The lowest BCUT2D eigenvalue weighted by Gasteiger charge is -2.19. The topological polar surface area (TPSA) is 60.9 Å². The summed E-state index contributed by atoms with van der Waals surface area (Å²) in [5.74, 6) is 0.0702. The van der Waals surface area contributed by atoms with E-state index in [1.54, 1.807) is 42.5 Å². The Morgan fingerprint density at radius 3 is 2.27 bits per heavy atom. The minimum absolute atomic E-state index is 0.0141. The van der Waals surface area contributed by atoms with Crippen LogP contribution in [0, 0.1) is 13.8 Å². The van der Waals surface area contributed by atoms with Gasteiger partial charge in [-0.1, -0.05) is 30.4 Å². The van der Waals surface area contributed by atoms with Gasteiger partial charge in [-0.25, -0.2) is 9.97 Å². The summed E-state index contributed by atoms with van der Waals surface area (Å²) in [6, 6.07) is 11.7. The van der Waals surface area contributed by atoms with Crippen LogP contribution in [0.25, 0.3) is 33.7 Å². The third kappa shape index (κ3) is 5.65. The SMILES string of the molecule is Cc1nc(C2=CCCC=C2C(F)(F)F)c(-c2cc(-c3cccc(S(C)=O)c3)ccc2-n2cc(C(F)(F)F)nc2C)o1. The number of benzene rings is 2. The van der Waals surface area contributed by atoms with Crippen molar-refractivity contribution in [3.05, 3.63) is 89.5 Å². The van der Waals surface area contributed by atoms with Crippen molar-refractivity contribution in [2.24, 2.45) is 0 Å². The zero-order valence-electron chi connectivity index (χ0n) is 22.0. The number of rotatable bonds is 5. The van der Waals surface area contributed by atoms with Crippen molar-refractivity contribution < 1.29 is 35.0 Å². The number of hydrogen-bond acceptors (Lipinski definition) is 4. The van der Waals surface area contributed by atoms with E-state index in [2.05, 4.69) is 9.97 Å². The Kier molecular flexibility index (Phi) is 7.31. The Bertz CT molecular complexity index is 1730. The van der Waals surface area contributed by atoms with E-state index in [-0.39, 0.29) is 46.4 Å². The van der Waals surface area contributed by atoms with E-state index in [9.17, 15) is 30.6 Å². The second-order valence-electron chi connectivity index (χ2n) is 9.48. The summed E-state index contributed by atoms with van der Waals surface area (Å²) in [6.07, 6.45) is -3.90.